The van der Waals surface area contributed by atoms with Crippen molar-refractivity contribution < 1.29 is 9.53 Å². The van der Waals surface area contributed by atoms with E-state index >= 15 is 0 Å². The average Bonchev–Trinajstić information content (AvgIpc) is 2.29. The second-order valence-electron chi connectivity index (χ2n) is 3.86. The smallest absolute Gasteiger partial charge is 0.165 e. The number of hydrogen-bond donors (Lipinski definition) is 0. The van der Waals surface area contributed by atoms with E-state index in [1.165, 1.54) is 0 Å². The zero-order chi connectivity index (χ0) is 11.8. The summed E-state index contributed by atoms with van der Waals surface area (Å²) >= 11 is 0. The molecule has 0 unspecified atom stereocenters. The Balaban J connectivity index is 2.19. The van der Waals surface area contributed by atoms with Crippen LogP contribution in [-0.2, 0) is 4.74 Å². The Morgan fingerprint density at radius 3 is 2.44 bits per heavy atom. The lowest BCUT2D eigenvalue weighted by atomic mass is 10.1. The lowest BCUT2D eigenvalue weighted by Gasteiger charge is -2.03. The van der Waals surface area contributed by atoms with Crippen LogP contribution >= 0.6 is 0 Å². The second-order valence-corrected chi connectivity index (χ2v) is 3.86. The van der Waals surface area contributed by atoms with Crippen LogP contribution in [0.25, 0.3) is 0 Å². The number of rotatable bonds is 7. The van der Waals surface area contributed by atoms with E-state index in [0.29, 0.717) is 19.6 Å². The van der Waals surface area contributed by atoms with Crippen molar-refractivity contribution >= 4 is 5.78 Å². The van der Waals surface area contributed by atoms with Crippen LogP contribution in [0.3, 0.4) is 0 Å². The molecule has 0 aliphatic heterocycles. The third-order valence-corrected chi connectivity index (χ3v) is 2.24. The molecule has 0 heterocycles. The summed E-state index contributed by atoms with van der Waals surface area (Å²) in [7, 11) is 0. The van der Waals surface area contributed by atoms with Crippen molar-refractivity contribution in [2.75, 3.05) is 13.2 Å². The Labute approximate surface area is 96.9 Å². The normalized spacial score (nSPS) is 10.1. The molecule has 0 amide bonds. The molecule has 2 nitrogen and oxygen atoms in total. The topological polar surface area (TPSA) is 26.3 Å². The molecule has 0 saturated heterocycles. The SMILES string of the molecule is C=C(C)CCOCCC(=O)c1ccccc1. The van der Waals surface area contributed by atoms with E-state index in [1.807, 2.05) is 37.3 Å². The van der Waals surface area contributed by atoms with E-state index in [0.717, 1.165) is 17.6 Å². The highest BCUT2D eigenvalue weighted by molar-refractivity contribution is 5.96. The van der Waals surface area contributed by atoms with E-state index in [-0.39, 0.29) is 5.78 Å². The monoisotopic (exact) mass is 218 g/mol. The van der Waals surface area contributed by atoms with Gasteiger partial charge in [-0.05, 0) is 13.3 Å². The summed E-state index contributed by atoms with van der Waals surface area (Å²) in [6.45, 7) is 6.90. The predicted octanol–water partition coefficient (Wildman–Crippen LogP) is 3.24. The summed E-state index contributed by atoms with van der Waals surface area (Å²) in [4.78, 5) is 11.6. The fraction of sp³-hybridized carbons (Fsp3) is 0.357. The number of Topliss-reactive ketones (excluding diaryl/α,β-unsaturated/α-hetero) is 1. The summed E-state index contributed by atoms with van der Waals surface area (Å²) in [6.07, 6.45) is 1.31. The molecule has 0 saturated carbocycles. The van der Waals surface area contributed by atoms with Gasteiger partial charge in [-0.3, -0.25) is 4.79 Å². The van der Waals surface area contributed by atoms with Gasteiger partial charge in [-0.2, -0.15) is 0 Å². The van der Waals surface area contributed by atoms with Crippen molar-refractivity contribution in [1.29, 1.82) is 0 Å². The van der Waals surface area contributed by atoms with Gasteiger partial charge in [0.05, 0.1) is 13.2 Å². The van der Waals surface area contributed by atoms with Crippen LogP contribution in [0.1, 0.15) is 30.1 Å². The average molecular weight is 218 g/mol. The molecule has 86 valence electrons. The van der Waals surface area contributed by atoms with Crippen molar-refractivity contribution in [3.05, 3.63) is 48.0 Å². The molecule has 16 heavy (non-hydrogen) atoms. The molecular weight excluding hydrogens is 200 g/mol. The van der Waals surface area contributed by atoms with Crippen molar-refractivity contribution in [3.63, 3.8) is 0 Å². The Kier molecular flexibility index (Phi) is 5.51. The largest absolute Gasteiger partial charge is 0.381 e. The summed E-state index contributed by atoms with van der Waals surface area (Å²) in [5, 5.41) is 0. The molecule has 1 aromatic rings. The highest BCUT2D eigenvalue weighted by Gasteiger charge is 2.03. The summed E-state index contributed by atoms with van der Waals surface area (Å²) < 4.78 is 5.35. The van der Waals surface area contributed by atoms with Crippen molar-refractivity contribution in [2.45, 2.75) is 19.8 Å². The van der Waals surface area contributed by atoms with Crippen LogP contribution in [-0.4, -0.2) is 19.0 Å². The van der Waals surface area contributed by atoms with Gasteiger partial charge in [0, 0.05) is 12.0 Å². The fourth-order valence-corrected chi connectivity index (χ4v) is 1.28. The van der Waals surface area contributed by atoms with Crippen LogP contribution in [0.15, 0.2) is 42.5 Å². The molecule has 0 spiro atoms. The maximum Gasteiger partial charge on any atom is 0.165 e. The Morgan fingerprint density at radius 2 is 1.81 bits per heavy atom. The molecule has 0 atom stereocenters. The Morgan fingerprint density at radius 1 is 1.19 bits per heavy atom. The van der Waals surface area contributed by atoms with Gasteiger partial charge < -0.3 is 4.74 Å². The van der Waals surface area contributed by atoms with Gasteiger partial charge in [0.25, 0.3) is 0 Å². The highest BCUT2D eigenvalue weighted by Crippen LogP contribution is 2.03. The number of hydrogen-bond acceptors (Lipinski definition) is 2. The van der Waals surface area contributed by atoms with Gasteiger partial charge in [-0.25, -0.2) is 0 Å². The summed E-state index contributed by atoms with van der Waals surface area (Å²) in [5.74, 6) is 0.135. The first-order valence-corrected chi connectivity index (χ1v) is 5.50. The number of carbonyl (C=O) groups excluding carboxylic acids is 1. The van der Waals surface area contributed by atoms with E-state index in [9.17, 15) is 4.79 Å². The molecule has 1 rings (SSSR count). The van der Waals surface area contributed by atoms with Gasteiger partial charge in [0.2, 0.25) is 0 Å². The fourth-order valence-electron chi connectivity index (χ4n) is 1.28. The minimum atomic E-state index is 0.135. The third-order valence-electron chi connectivity index (χ3n) is 2.24. The number of carbonyl (C=O) groups is 1. The molecule has 2 heteroatoms. The molecular formula is C14H18O2. The highest BCUT2D eigenvalue weighted by atomic mass is 16.5. The minimum absolute atomic E-state index is 0.135. The standard InChI is InChI=1S/C14H18O2/c1-12(2)8-10-16-11-9-14(15)13-6-4-3-5-7-13/h3-7H,1,8-11H2,2H3. The van der Waals surface area contributed by atoms with Crippen LogP contribution in [0.5, 0.6) is 0 Å². The van der Waals surface area contributed by atoms with E-state index < -0.39 is 0 Å². The maximum absolute atomic E-state index is 11.6. The zero-order valence-electron chi connectivity index (χ0n) is 9.74. The Hall–Kier alpha value is -1.41. The molecule has 0 fully saturated rings. The first kappa shape index (κ1) is 12.7. The van der Waals surface area contributed by atoms with Gasteiger partial charge in [0.1, 0.15) is 0 Å². The third kappa shape index (κ3) is 4.89. The lowest BCUT2D eigenvalue weighted by molar-refractivity contribution is 0.0882. The van der Waals surface area contributed by atoms with Crippen molar-refractivity contribution in [1.82, 2.24) is 0 Å². The van der Waals surface area contributed by atoms with Crippen LogP contribution in [0.4, 0.5) is 0 Å². The summed E-state index contributed by atoms with van der Waals surface area (Å²) in [6, 6.07) is 9.30. The quantitative estimate of drug-likeness (QED) is 0.399. The molecule has 0 radical (unpaired) electrons. The van der Waals surface area contributed by atoms with E-state index in [4.69, 9.17) is 4.74 Å². The van der Waals surface area contributed by atoms with Gasteiger partial charge >= 0.3 is 0 Å². The van der Waals surface area contributed by atoms with Crippen molar-refractivity contribution in [2.24, 2.45) is 0 Å². The predicted molar refractivity (Wildman–Crippen MR) is 65.6 cm³/mol. The van der Waals surface area contributed by atoms with Crippen molar-refractivity contribution in [3.8, 4) is 0 Å². The number of benzene rings is 1. The first-order chi connectivity index (χ1) is 7.70. The zero-order valence-corrected chi connectivity index (χ0v) is 9.74. The van der Waals surface area contributed by atoms with E-state index in [1.54, 1.807) is 0 Å². The number of ether oxygens (including phenoxy) is 1. The molecule has 0 bridgehead atoms. The van der Waals surface area contributed by atoms with Crippen LogP contribution < -0.4 is 0 Å². The molecule has 0 aromatic heterocycles. The van der Waals surface area contributed by atoms with Gasteiger partial charge in [-0.1, -0.05) is 35.9 Å². The molecule has 1 aromatic carbocycles. The van der Waals surface area contributed by atoms with Gasteiger partial charge in [0.15, 0.2) is 5.78 Å². The van der Waals surface area contributed by atoms with Crippen LogP contribution in [0.2, 0.25) is 0 Å². The second kappa shape index (κ2) is 6.96. The minimum Gasteiger partial charge on any atom is -0.381 e. The first-order valence-electron chi connectivity index (χ1n) is 5.50. The van der Waals surface area contributed by atoms with E-state index in [2.05, 4.69) is 6.58 Å². The molecule has 0 aliphatic carbocycles. The molecule has 0 aliphatic rings. The van der Waals surface area contributed by atoms with Gasteiger partial charge in [-0.15, -0.1) is 6.58 Å². The lowest BCUT2D eigenvalue weighted by Crippen LogP contribution is -2.05. The van der Waals surface area contributed by atoms with Crippen LogP contribution in [0, 0.1) is 0 Å². The molecule has 0 N–H and O–H groups in total. The Bertz CT molecular complexity index is 341. The summed E-state index contributed by atoms with van der Waals surface area (Å²) in [5.41, 5.74) is 1.86. The number of ketones is 1. The maximum atomic E-state index is 11.6.